The van der Waals surface area contributed by atoms with Gasteiger partial charge >= 0.3 is 0 Å². The summed E-state index contributed by atoms with van der Waals surface area (Å²) in [5.41, 5.74) is 3.19. The van der Waals surface area contributed by atoms with Crippen LogP contribution in [0.5, 0.6) is 5.75 Å². The number of methoxy groups -OCH3 is 1. The second-order valence-corrected chi connectivity index (χ2v) is 8.33. The molecular formula is C21H26ClNO2. The van der Waals surface area contributed by atoms with Gasteiger partial charge in [-0.15, -0.1) is 0 Å². The number of hydrogen-bond donors (Lipinski definition) is 1. The lowest BCUT2D eigenvalue weighted by atomic mass is 9.67. The topological polar surface area (TPSA) is 38.3 Å². The number of hydrogen-bond acceptors (Lipinski definition) is 3. The lowest BCUT2D eigenvalue weighted by Gasteiger charge is -2.40. The van der Waals surface area contributed by atoms with Crippen molar-refractivity contribution in [3.8, 4) is 5.75 Å². The number of allylic oxidation sites excluding steroid dienone is 2. The van der Waals surface area contributed by atoms with Crippen molar-refractivity contribution in [3.63, 3.8) is 0 Å². The third-order valence-corrected chi connectivity index (χ3v) is 6.88. The Hall–Kier alpha value is -1.32. The number of nitrogens with one attached hydrogen (secondary N) is 1. The first kappa shape index (κ1) is 17.1. The maximum atomic E-state index is 12.6. The molecule has 0 aromatic heterocycles. The van der Waals surface area contributed by atoms with Crippen LogP contribution in [0.15, 0.2) is 23.8 Å². The predicted molar refractivity (Wildman–Crippen MR) is 100 cm³/mol. The molecule has 4 rings (SSSR count). The van der Waals surface area contributed by atoms with Crippen molar-refractivity contribution in [2.45, 2.75) is 32.6 Å². The first-order valence-corrected chi connectivity index (χ1v) is 9.72. The molecule has 3 bridgehead atoms. The van der Waals surface area contributed by atoms with Crippen LogP contribution in [0.1, 0.15) is 41.6 Å². The fourth-order valence-electron chi connectivity index (χ4n) is 5.21. The van der Waals surface area contributed by atoms with E-state index >= 15 is 0 Å². The second kappa shape index (κ2) is 6.77. The van der Waals surface area contributed by atoms with Gasteiger partial charge in [-0.2, -0.15) is 0 Å². The van der Waals surface area contributed by atoms with Crippen LogP contribution in [0.2, 0.25) is 5.02 Å². The summed E-state index contributed by atoms with van der Waals surface area (Å²) in [7, 11) is 1.59. The largest absolute Gasteiger partial charge is 0.496 e. The SMILES string of the molecule is COc1cc(C)c(Cl)cc1C(=O)CNC[C@@H]1C2CCC3CC(=CC31)C2. The number of carbonyl (C=O) groups is 1. The Bertz CT molecular complexity index is 727. The van der Waals surface area contributed by atoms with Crippen LogP contribution in [0.3, 0.4) is 0 Å². The molecule has 1 aromatic rings. The number of ether oxygens (including phenoxy) is 1. The van der Waals surface area contributed by atoms with Crippen molar-refractivity contribution in [3.05, 3.63) is 39.9 Å². The van der Waals surface area contributed by atoms with Crippen molar-refractivity contribution >= 4 is 17.4 Å². The van der Waals surface area contributed by atoms with E-state index in [1.54, 1.807) is 18.7 Å². The molecule has 0 radical (unpaired) electrons. The zero-order valence-corrected chi connectivity index (χ0v) is 15.7. The summed E-state index contributed by atoms with van der Waals surface area (Å²) in [4.78, 5) is 12.6. The molecule has 3 nitrogen and oxygen atoms in total. The van der Waals surface area contributed by atoms with Crippen LogP contribution in [0, 0.1) is 30.6 Å². The smallest absolute Gasteiger partial charge is 0.180 e. The summed E-state index contributed by atoms with van der Waals surface area (Å²) in [6.45, 7) is 3.19. The van der Waals surface area contributed by atoms with Gasteiger partial charge in [-0.25, -0.2) is 0 Å². The molecule has 1 fully saturated rings. The molecule has 0 aliphatic heterocycles. The normalized spacial score (nSPS) is 29.6. The summed E-state index contributed by atoms with van der Waals surface area (Å²) in [6.07, 6.45) is 7.91. The summed E-state index contributed by atoms with van der Waals surface area (Å²) >= 11 is 6.19. The van der Waals surface area contributed by atoms with Gasteiger partial charge in [0.2, 0.25) is 0 Å². The Morgan fingerprint density at radius 1 is 1.28 bits per heavy atom. The number of benzene rings is 1. The van der Waals surface area contributed by atoms with Crippen LogP contribution in [0.25, 0.3) is 0 Å². The molecule has 0 amide bonds. The zero-order valence-electron chi connectivity index (χ0n) is 15.0. The van der Waals surface area contributed by atoms with Gasteiger partial charge < -0.3 is 10.1 Å². The van der Waals surface area contributed by atoms with Crippen LogP contribution in [0.4, 0.5) is 0 Å². The van der Waals surface area contributed by atoms with Crippen molar-refractivity contribution in [2.24, 2.45) is 23.7 Å². The molecule has 0 saturated heterocycles. The second-order valence-electron chi connectivity index (χ2n) is 7.93. The van der Waals surface area contributed by atoms with Gasteiger partial charge in [-0.3, -0.25) is 4.79 Å². The third kappa shape index (κ3) is 3.13. The minimum atomic E-state index is 0.0439. The summed E-state index contributed by atoms with van der Waals surface area (Å²) in [6, 6.07) is 3.56. The van der Waals surface area contributed by atoms with E-state index < -0.39 is 0 Å². The van der Waals surface area contributed by atoms with Gasteiger partial charge in [0.25, 0.3) is 0 Å². The van der Waals surface area contributed by atoms with Gasteiger partial charge in [0.15, 0.2) is 5.78 Å². The average molecular weight is 360 g/mol. The molecular weight excluding hydrogens is 334 g/mol. The van der Waals surface area contributed by atoms with Crippen LogP contribution >= 0.6 is 11.6 Å². The third-order valence-electron chi connectivity index (χ3n) is 6.48. The minimum absolute atomic E-state index is 0.0439. The molecule has 0 heterocycles. The number of rotatable bonds is 6. The summed E-state index contributed by atoms with van der Waals surface area (Å²) < 4.78 is 5.36. The fourth-order valence-corrected chi connectivity index (χ4v) is 5.37. The van der Waals surface area contributed by atoms with E-state index in [9.17, 15) is 4.79 Å². The van der Waals surface area contributed by atoms with E-state index in [1.807, 2.05) is 13.0 Å². The van der Waals surface area contributed by atoms with Gasteiger partial charge in [0, 0.05) is 5.02 Å². The van der Waals surface area contributed by atoms with E-state index in [0.29, 0.717) is 28.8 Å². The lowest BCUT2D eigenvalue weighted by Crippen LogP contribution is -2.40. The fraction of sp³-hybridized carbons (Fsp3) is 0.571. The maximum absolute atomic E-state index is 12.6. The van der Waals surface area contributed by atoms with Crippen molar-refractivity contribution < 1.29 is 9.53 Å². The minimum Gasteiger partial charge on any atom is -0.496 e. The van der Waals surface area contributed by atoms with Gasteiger partial charge in [0.05, 0.1) is 19.2 Å². The predicted octanol–water partition coefficient (Wildman–Crippen LogP) is 4.42. The maximum Gasteiger partial charge on any atom is 0.180 e. The molecule has 4 atom stereocenters. The Morgan fingerprint density at radius 2 is 2.04 bits per heavy atom. The number of aryl methyl sites for hydroxylation is 1. The Morgan fingerprint density at radius 3 is 2.84 bits per heavy atom. The zero-order chi connectivity index (χ0) is 17.6. The first-order chi connectivity index (χ1) is 12.1. The number of halogens is 1. The summed E-state index contributed by atoms with van der Waals surface area (Å²) in [5.74, 6) is 3.77. The van der Waals surface area contributed by atoms with Crippen molar-refractivity contribution in [1.29, 1.82) is 0 Å². The monoisotopic (exact) mass is 359 g/mol. The number of ketones is 1. The van der Waals surface area contributed by atoms with E-state index in [0.717, 1.165) is 29.9 Å². The molecule has 3 aliphatic rings. The van der Waals surface area contributed by atoms with Gasteiger partial charge in [-0.1, -0.05) is 23.3 Å². The number of Topliss-reactive ketones (excluding diaryl/α,β-unsaturated/α-hetero) is 1. The average Bonchev–Trinajstić information content (AvgIpc) is 2.82. The molecule has 3 aliphatic carbocycles. The Balaban J connectivity index is 1.39. The van der Waals surface area contributed by atoms with Crippen LogP contribution < -0.4 is 10.1 Å². The van der Waals surface area contributed by atoms with Crippen molar-refractivity contribution in [1.82, 2.24) is 5.32 Å². The highest BCUT2D eigenvalue weighted by molar-refractivity contribution is 6.31. The summed E-state index contributed by atoms with van der Waals surface area (Å²) in [5, 5.41) is 4.04. The molecule has 4 heteroatoms. The standard InChI is InChI=1S/C21H26ClNO2/c1-12-5-21(25-2)17(9-19(12)22)20(24)11-23-10-18-15-4-3-14-6-13(7-15)8-16(14)18/h5,8-9,14-16,18,23H,3-4,6-7,10-11H2,1-2H3/t14?,15?,16?,18-/m1/s1. The molecule has 1 saturated carbocycles. The van der Waals surface area contributed by atoms with E-state index in [2.05, 4.69) is 11.4 Å². The van der Waals surface area contributed by atoms with Crippen LogP contribution in [-0.2, 0) is 0 Å². The van der Waals surface area contributed by atoms with Crippen LogP contribution in [-0.4, -0.2) is 26.0 Å². The quantitative estimate of drug-likeness (QED) is 0.603. The lowest BCUT2D eigenvalue weighted by molar-refractivity contribution is 0.0973. The highest BCUT2D eigenvalue weighted by Crippen LogP contribution is 2.54. The van der Waals surface area contributed by atoms with Crippen molar-refractivity contribution in [2.75, 3.05) is 20.2 Å². The molecule has 1 aromatic carbocycles. The molecule has 0 spiro atoms. The van der Waals surface area contributed by atoms with Gasteiger partial charge in [-0.05, 0) is 80.5 Å². The Labute approximate surface area is 154 Å². The molecule has 3 unspecified atom stereocenters. The number of carbonyl (C=O) groups excluding carboxylic acids is 1. The van der Waals surface area contributed by atoms with Gasteiger partial charge in [0.1, 0.15) is 5.75 Å². The highest BCUT2D eigenvalue weighted by atomic mass is 35.5. The number of fused-ring (bicyclic) bond motifs is 1. The van der Waals surface area contributed by atoms with E-state index in [-0.39, 0.29) is 5.78 Å². The molecule has 25 heavy (non-hydrogen) atoms. The van der Waals surface area contributed by atoms with E-state index in [1.165, 1.54) is 25.7 Å². The van der Waals surface area contributed by atoms with E-state index in [4.69, 9.17) is 16.3 Å². The molecule has 1 N–H and O–H groups in total. The first-order valence-electron chi connectivity index (χ1n) is 9.34. The highest BCUT2D eigenvalue weighted by Gasteiger charge is 2.45. The molecule has 134 valence electrons. The Kier molecular flexibility index (Phi) is 4.63.